The minimum Gasteiger partial charge on any atom is -0.321 e. The summed E-state index contributed by atoms with van der Waals surface area (Å²) in [7, 11) is 1.95. The first-order chi connectivity index (χ1) is 12.1. The molecule has 2 saturated carbocycles. The van der Waals surface area contributed by atoms with Gasteiger partial charge in [-0.05, 0) is 75.0 Å². The van der Waals surface area contributed by atoms with E-state index in [0.29, 0.717) is 6.04 Å². The predicted molar refractivity (Wildman–Crippen MR) is 98.5 cm³/mol. The van der Waals surface area contributed by atoms with Crippen LogP contribution in [0.1, 0.15) is 37.8 Å². The Morgan fingerprint density at radius 2 is 1.92 bits per heavy atom. The van der Waals surface area contributed by atoms with Gasteiger partial charge in [-0.25, -0.2) is 4.79 Å². The molecular weight excluding hydrogens is 312 g/mol. The number of anilines is 1. The van der Waals surface area contributed by atoms with Crippen LogP contribution in [0.25, 0.3) is 10.9 Å². The molecule has 2 amide bonds. The van der Waals surface area contributed by atoms with E-state index in [0.717, 1.165) is 46.6 Å². The number of hydrogen-bond donors (Lipinski definition) is 1. The molecule has 1 saturated heterocycles. The van der Waals surface area contributed by atoms with Crippen molar-refractivity contribution in [2.24, 2.45) is 24.8 Å². The highest BCUT2D eigenvalue weighted by Crippen LogP contribution is 2.48. The molecule has 3 fully saturated rings. The van der Waals surface area contributed by atoms with Crippen LogP contribution in [0.15, 0.2) is 18.2 Å². The van der Waals surface area contributed by atoms with E-state index in [4.69, 9.17) is 0 Å². The van der Waals surface area contributed by atoms with E-state index < -0.39 is 0 Å². The van der Waals surface area contributed by atoms with Gasteiger partial charge >= 0.3 is 6.03 Å². The third-order valence-corrected chi connectivity index (χ3v) is 6.38. The summed E-state index contributed by atoms with van der Waals surface area (Å²) in [6, 6.07) is 6.64. The number of urea groups is 1. The fraction of sp³-hybridized carbons (Fsp3) is 0.600. The average Bonchev–Trinajstić information content (AvgIpc) is 3.52. The first-order valence-corrected chi connectivity index (χ1v) is 9.61. The van der Waals surface area contributed by atoms with Crippen molar-refractivity contribution < 1.29 is 4.79 Å². The van der Waals surface area contributed by atoms with Crippen molar-refractivity contribution >= 4 is 22.6 Å². The number of benzene rings is 1. The number of amides is 2. The van der Waals surface area contributed by atoms with E-state index >= 15 is 0 Å². The van der Waals surface area contributed by atoms with Crippen molar-refractivity contribution in [3.05, 3.63) is 23.9 Å². The highest BCUT2D eigenvalue weighted by Gasteiger charge is 2.47. The molecule has 0 bridgehead atoms. The topological polar surface area (TPSA) is 50.2 Å². The second kappa shape index (κ2) is 5.48. The Hall–Kier alpha value is -2.04. The van der Waals surface area contributed by atoms with Crippen LogP contribution in [-0.4, -0.2) is 33.3 Å². The SMILES string of the molecule is Cc1nn(C)c2cc(NC(=O)N3C[C@H](C4CC4)C[C@@H]3C3CC3)ccc12. The maximum atomic E-state index is 13.0. The van der Waals surface area contributed by atoms with Gasteiger partial charge in [0.15, 0.2) is 0 Å². The number of likely N-dealkylation sites (tertiary alicyclic amines) is 1. The molecule has 5 heteroatoms. The van der Waals surface area contributed by atoms with Crippen molar-refractivity contribution in [3.63, 3.8) is 0 Å². The first-order valence-electron chi connectivity index (χ1n) is 9.61. The van der Waals surface area contributed by atoms with Crippen LogP contribution in [0, 0.1) is 24.7 Å². The number of aryl methyl sites for hydroxylation is 2. The summed E-state index contributed by atoms with van der Waals surface area (Å²) in [6.07, 6.45) is 6.56. The number of hydrogen-bond acceptors (Lipinski definition) is 2. The molecule has 1 aliphatic heterocycles. The largest absolute Gasteiger partial charge is 0.322 e. The van der Waals surface area contributed by atoms with Gasteiger partial charge in [-0.1, -0.05) is 0 Å². The highest BCUT2D eigenvalue weighted by atomic mass is 16.2. The van der Waals surface area contributed by atoms with Gasteiger partial charge in [-0.15, -0.1) is 0 Å². The Balaban J connectivity index is 1.36. The predicted octanol–water partition coefficient (Wildman–Crippen LogP) is 3.92. The lowest BCUT2D eigenvalue weighted by molar-refractivity contribution is 0.199. The quantitative estimate of drug-likeness (QED) is 0.922. The van der Waals surface area contributed by atoms with Crippen LogP contribution in [0.2, 0.25) is 0 Å². The number of fused-ring (bicyclic) bond motifs is 1. The Kier molecular flexibility index (Phi) is 3.34. The fourth-order valence-corrected chi connectivity index (χ4v) is 4.68. The number of carbonyl (C=O) groups is 1. The molecule has 2 aliphatic carbocycles. The van der Waals surface area contributed by atoms with Crippen molar-refractivity contribution in [1.82, 2.24) is 14.7 Å². The molecule has 25 heavy (non-hydrogen) atoms. The lowest BCUT2D eigenvalue weighted by Gasteiger charge is -2.25. The monoisotopic (exact) mass is 338 g/mol. The summed E-state index contributed by atoms with van der Waals surface area (Å²) in [5, 5.41) is 8.76. The van der Waals surface area contributed by atoms with Crippen LogP contribution in [-0.2, 0) is 7.05 Å². The van der Waals surface area contributed by atoms with Gasteiger partial charge in [0.25, 0.3) is 0 Å². The Labute approximate surface area is 148 Å². The number of rotatable bonds is 3. The summed E-state index contributed by atoms with van der Waals surface area (Å²) in [5.41, 5.74) is 2.95. The zero-order valence-electron chi connectivity index (χ0n) is 15.0. The van der Waals surface area contributed by atoms with Crippen LogP contribution in [0.5, 0.6) is 0 Å². The minimum atomic E-state index is 0.0818. The number of aromatic nitrogens is 2. The minimum absolute atomic E-state index is 0.0818. The number of nitrogens with one attached hydrogen (secondary N) is 1. The lowest BCUT2D eigenvalue weighted by Crippen LogP contribution is -2.40. The second-order valence-corrected chi connectivity index (χ2v) is 8.26. The molecule has 5 nitrogen and oxygen atoms in total. The summed E-state index contributed by atoms with van der Waals surface area (Å²) < 4.78 is 1.88. The van der Waals surface area contributed by atoms with Gasteiger partial charge in [0.2, 0.25) is 0 Å². The molecule has 0 unspecified atom stereocenters. The van der Waals surface area contributed by atoms with E-state index in [-0.39, 0.29) is 6.03 Å². The van der Waals surface area contributed by atoms with Gasteiger partial charge < -0.3 is 10.2 Å². The Bertz CT molecular complexity index is 834. The molecular formula is C20H26N4O. The van der Waals surface area contributed by atoms with E-state index in [2.05, 4.69) is 21.4 Å². The van der Waals surface area contributed by atoms with Gasteiger partial charge in [-0.2, -0.15) is 5.10 Å². The zero-order valence-corrected chi connectivity index (χ0v) is 15.0. The molecule has 0 spiro atoms. The molecule has 5 rings (SSSR count). The van der Waals surface area contributed by atoms with Crippen LogP contribution in [0.3, 0.4) is 0 Å². The summed E-state index contributed by atoms with van der Waals surface area (Å²) in [4.78, 5) is 15.1. The first kappa shape index (κ1) is 15.2. The molecule has 1 N–H and O–H groups in total. The summed E-state index contributed by atoms with van der Waals surface area (Å²) >= 11 is 0. The van der Waals surface area contributed by atoms with E-state index in [1.165, 1.54) is 32.1 Å². The highest BCUT2D eigenvalue weighted by molar-refractivity contribution is 5.93. The molecule has 2 aromatic rings. The Morgan fingerprint density at radius 3 is 2.64 bits per heavy atom. The van der Waals surface area contributed by atoms with Crippen molar-refractivity contribution in [3.8, 4) is 0 Å². The second-order valence-electron chi connectivity index (χ2n) is 8.26. The normalized spacial score (nSPS) is 26.4. The smallest absolute Gasteiger partial charge is 0.321 e. The fourth-order valence-electron chi connectivity index (χ4n) is 4.68. The molecule has 0 radical (unpaired) electrons. The summed E-state index contributed by atoms with van der Waals surface area (Å²) in [5.74, 6) is 2.36. The van der Waals surface area contributed by atoms with Crippen molar-refractivity contribution in [2.45, 2.75) is 45.1 Å². The van der Waals surface area contributed by atoms with Crippen LogP contribution in [0.4, 0.5) is 10.5 Å². The van der Waals surface area contributed by atoms with E-state index in [1.54, 1.807) is 0 Å². The lowest BCUT2D eigenvalue weighted by atomic mass is 9.98. The van der Waals surface area contributed by atoms with Crippen LogP contribution < -0.4 is 5.32 Å². The van der Waals surface area contributed by atoms with Gasteiger partial charge in [0.05, 0.1) is 11.2 Å². The molecule has 2 atom stereocenters. The molecule has 3 aliphatic rings. The third-order valence-electron chi connectivity index (χ3n) is 6.38. The van der Waals surface area contributed by atoms with Crippen molar-refractivity contribution in [2.75, 3.05) is 11.9 Å². The number of nitrogens with zero attached hydrogens (tertiary/aromatic N) is 3. The van der Waals surface area contributed by atoms with Crippen molar-refractivity contribution in [1.29, 1.82) is 0 Å². The maximum absolute atomic E-state index is 13.0. The van der Waals surface area contributed by atoms with Gasteiger partial charge in [0, 0.05) is 30.7 Å². The van der Waals surface area contributed by atoms with Gasteiger partial charge in [0.1, 0.15) is 0 Å². The Morgan fingerprint density at radius 1 is 1.16 bits per heavy atom. The third kappa shape index (κ3) is 2.70. The average molecular weight is 338 g/mol. The molecule has 1 aromatic carbocycles. The van der Waals surface area contributed by atoms with E-state index in [9.17, 15) is 4.79 Å². The molecule has 2 heterocycles. The maximum Gasteiger partial charge on any atom is 0.322 e. The van der Waals surface area contributed by atoms with E-state index in [1.807, 2.05) is 30.8 Å². The standard InChI is InChI=1S/C20H26N4O/c1-12-17-8-7-16(10-19(17)23(2)22-12)21-20(25)24-11-15(13-3-4-13)9-18(24)14-5-6-14/h7-8,10,13-15,18H,3-6,9,11H2,1-2H3,(H,21,25)/t15-,18-/m1/s1. The molecule has 1 aromatic heterocycles. The van der Waals surface area contributed by atoms with Gasteiger partial charge in [-0.3, -0.25) is 4.68 Å². The molecule has 132 valence electrons. The zero-order chi connectivity index (χ0) is 17.1. The number of carbonyl (C=O) groups excluding carboxylic acids is 1. The van der Waals surface area contributed by atoms with Crippen LogP contribution >= 0.6 is 0 Å². The summed E-state index contributed by atoms with van der Waals surface area (Å²) in [6.45, 7) is 2.97.